The Hall–Kier alpha value is -4.04. The second-order valence-corrected chi connectivity index (χ2v) is 12.5. The molecule has 4 unspecified atom stereocenters. The number of nitrogens with zero attached hydrogens (tertiary/aromatic N) is 2. The molecule has 1 fully saturated rings. The van der Waals surface area contributed by atoms with E-state index in [9.17, 15) is 0 Å². The first-order chi connectivity index (χ1) is 20.0. The average Bonchev–Trinajstić information content (AvgIpc) is 3.72. The summed E-state index contributed by atoms with van der Waals surface area (Å²) in [4.78, 5) is 0. The lowest BCUT2D eigenvalue weighted by Gasteiger charge is -2.20. The number of aromatic nitrogens is 2. The first-order valence-electron chi connectivity index (χ1n) is 15.3. The molecule has 7 rings (SSSR count). The summed E-state index contributed by atoms with van der Waals surface area (Å²) in [5, 5.41) is 0. The molecule has 1 aliphatic heterocycles. The first kappa shape index (κ1) is 25.9. The van der Waals surface area contributed by atoms with E-state index in [0.29, 0.717) is 23.8 Å². The Balaban J connectivity index is 1.39. The van der Waals surface area contributed by atoms with Crippen LogP contribution in [0.15, 0.2) is 122 Å². The molecule has 2 aromatic heterocycles. The van der Waals surface area contributed by atoms with E-state index in [1.807, 2.05) is 0 Å². The molecule has 0 amide bonds. The van der Waals surface area contributed by atoms with Gasteiger partial charge in [-0.3, -0.25) is 0 Å². The van der Waals surface area contributed by atoms with Crippen molar-refractivity contribution in [1.82, 2.24) is 0 Å². The molecular formula is C39H40N2+2. The number of pyridine rings is 2. The van der Waals surface area contributed by atoms with E-state index < -0.39 is 0 Å². The van der Waals surface area contributed by atoms with Crippen molar-refractivity contribution in [3.63, 3.8) is 0 Å². The molecule has 1 aliphatic carbocycles. The number of benzene rings is 3. The van der Waals surface area contributed by atoms with Gasteiger partial charge in [0, 0.05) is 35.7 Å². The summed E-state index contributed by atoms with van der Waals surface area (Å²) in [6.45, 7) is 9.39. The fourth-order valence-corrected chi connectivity index (χ4v) is 7.72. The van der Waals surface area contributed by atoms with Crippen molar-refractivity contribution < 1.29 is 9.13 Å². The first-order valence-corrected chi connectivity index (χ1v) is 15.3. The fraction of sp³-hybridized carbons (Fsp3) is 0.282. The van der Waals surface area contributed by atoms with Crippen molar-refractivity contribution in [2.24, 2.45) is 11.8 Å². The highest BCUT2D eigenvalue weighted by Crippen LogP contribution is 2.68. The summed E-state index contributed by atoms with van der Waals surface area (Å²) in [7, 11) is 0. The quantitative estimate of drug-likeness (QED) is 0.184. The van der Waals surface area contributed by atoms with Crippen molar-refractivity contribution in [3.05, 3.63) is 133 Å². The monoisotopic (exact) mass is 536 g/mol. The zero-order valence-electron chi connectivity index (χ0n) is 24.7. The van der Waals surface area contributed by atoms with E-state index in [1.165, 1.54) is 44.8 Å². The molecule has 1 saturated carbocycles. The molecule has 3 aromatic carbocycles. The van der Waals surface area contributed by atoms with Gasteiger partial charge in [-0.15, -0.1) is 0 Å². The lowest BCUT2D eigenvalue weighted by Crippen LogP contribution is -2.56. The van der Waals surface area contributed by atoms with Gasteiger partial charge < -0.3 is 0 Å². The Bertz CT molecular complexity index is 1700. The van der Waals surface area contributed by atoms with Crippen LogP contribution in [0.25, 0.3) is 33.6 Å². The van der Waals surface area contributed by atoms with Crippen molar-refractivity contribution in [2.75, 3.05) is 0 Å². The predicted octanol–water partition coefficient (Wildman–Crippen LogP) is 8.55. The predicted molar refractivity (Wildman–Crippen MR) is 167 cm³/mol. The van der Waals surface area contributed by atoms with Gasteiger partial charge in [0.15, 0.2) is 12.4 Å². The highest BCUT2D eigenvalue weighted by Gasteiger charge is 2.84. The number of fused-ring (bicyclic) bond motifs is 6. The highest BCUT2D eigenvalue weighted by atomic mass is 15.3. The van der Waals surface area contributed by atoms with E-state index in [4.69, 9.17) is 0 Å². The maximum absolute atomic E-state index is 2.63. The van der Waals surface area contributed by atoms with Crippen LogP contribution in [-0.2, 0) is 12.0 Å². The van der Waals surface area contributed by atoms with Crippen molar-refractivity contribution in [1.29, 1.82) is 0 Å². The second-order valence-electron chi connectivity index (χ2n) is 12.5. The van der Waals surface area contributed by atoms with E-state index in [1.54, 1.807) is 0 Å². The lowest BCUT2D eigenvalue weighted by atomic mass is 9.87. The summed E-state index contributed by atoms with van der Waals surface area (Å²) in [6.07, 6.45) is 6.90. The van der Waals surface area contributed by atoms with Crippen LogP contribution in [0, 0.1) is 11.8 Å². The smallest absolute Gasteiger partial charge is 0.187 e. The van der Waals surface area contributed by atoms with Crippen LogP contribution in [0.2, 0.25) is 0 Å². The number of rotatable bonds is 7. The summed E-state index contributed by atoms with van der Waals surface area (Å²) < 4.78 is 5.22. The molecule has 0 bridgehead atoms. The van der Waals surface area contributed by atoms with Crippen molar-refractivity contribution >= 4 is 0 Å². The Morgan fingerprint density at radius 3 is 2.10 bits per heavy atom. The molecule has 5 aromatic rings. The van der Waals surface area contributed by atoms with Crippen LogP contribution in [0.3, 0.4) is 0 Å². The van der Waals surface area contributed by atoms with Gasteiger partial charge >= 0.3 is 0 Å². The van der Waals surface area contributed by atoms with Crippen LogP contribution in [0.4, 0.5) is 0 Å². The second kappa shape index (κ2) is 10.1. The molecule has 3 heterocycles. The molecule has 0 N–H and O–H groups in total. The summed E-state index contributed by atoms with van der Waals surface area (Å²) in [5.41, 5.74) is 10.7. The maximum Gasteiger partial charge on any atom is 0.245 e. The summed E-state index contributed by atoms with van der Waals surface area (Å²) in [5.74, 6) is 1.57. The Labute approximate surface area is 245 Å². The lowest BCUT2D eigenvalue weighted by molar-refractivity contribution is -0.789. The van der Waals surface area contributed by atoms with Crippen LogP contribution < -0.4 is 9.13 Å². The normalized spacial score (nSPS) is 21.1. The Morgan fingerprint density at radius 2 is 1.37 bits per heavy atom. The molecule has 4 atom stereocenters. The van der Waals surface area contributed by atoms with Crippen molar-refractivity contribution in [3.8, 4) is 33.6 Å². The summed E-state index contributed by atoms with van der Waals surface area (Å²) in [6, 6.07) is 41.2. The van der Waals surface area contributed by atoms with E-state index >= 15 is 0 Å². The standard InChI is InChI=1S/C39H40N2/c1-5-28(4)39(41-24-12-10-15-35(41)31-13-7-6-8-14-31)37-33-22-21-32(30-19-17-29(18-20-30)25-27(2)3)26-34(33)36-16-9-11-23-40(36)38(37)39/h6-24,26-28,37-38H,5,25H2,1-4H3/q+2. The van der Waals surface area contributed by atoms with Crippen LogP contribution in [-0.4, -0.2) is 0 Å². The Morgan fingerprint density at radius 1 is 0.683 bits per heavy atom. The maximum atomic E-state index is 2.63. The number of hydrogen-bond acceptors (Lipinski definition) is 0. The Kier molecular flexibility index (Phi) is 6.38. The molecule has 41 heavy (non-hydrogen) atoms. The van der Waals surface area contributed by atoms with E-state index in [2.05, 4.69) is 158 Å². The molecular weight excluding hydrogens is 496 g/mol. The molecule has 0 radical (unpaired) electrons. The minimum Gasteiger partial charge on any atom is -0.187 e. The van der Waals surface area contributed by atoms with E-state index in [-0.39, 0.29) is 5.54 Å². The molecule has 0 spiro atoms. The molecule has 2 heteroatoms. The highest BCUT2D eigenvalue weighted by molar-refractivity contribution is 5.75. The SMILES string of the molecule is CCC(C)C1([n+]2ccccc2-c2ccccc2)C2c3ccc(-c4ccc(CC(C)C)cc4)cc3-c3cccc[n+]3C21. The largest absolute Gasteiger partial charge is 0.245 e. The summed E-state index contributed by atoms with van der Waals surface area (Å²) >= 11 is 0. The van der Waals surface area contributed by atoms with Gasteiger partial charge in [0.05, 0.1) is 5.56 Å². The van der Waals surface area contributed by atoms with Crippen molar-refractivity contribution in [2.45, 2.75) is 58.0 Å². The van der Waals surface area contributed by atoms with Gasteiger partial charge in [0.25, 0.3) is 0 Å². The third-order valence-corrected chi connectivity index (χ3v) is 9.71. The minimum atomic E-state index is -0.0484. The van der Waals surface area contributed by atoms with Gasteiger partial charge in [0.1, 0.15) is 5.92 Å². The minimum absolute atomic E-state index is 0.0484. The van der Waals surface area contributed by atoms with Gasteiger partial charge in [-0.2, -0.15) is 9.13 Å². The third-order valence-electron chi connectivity index (χ3n) is 9.71. The average molecular weight is 537 g/mol. The van der Waals surface area contributed by atoms with Crippen LogP contribution in [0.1, 0.15) is 57.2 Å². The molecule has 2 aliphatic rings. The fourth-order valence-electron chi connectivity index (χ4n) is 7.72. The van der Waals surface area contributed by atoms with Gasteiger partial charge in [0.2, 0.25) is 23.0 Å². The van der Waals surface area contributed by atoms with Crippen LogP contribution in [0.5, 0.6) is 0 Å². The van der Waals surface area contributed by atoms with E-state index in [0.717, 1.165) is 12.8 Å². The molecule has 2 nitrogen and oxygen atoms in total. The zero-order chi connectivity index (χ0) is 28.1. The number of hydrogen-bond donors (Lipinski definition) is 0. The third kappa shape index (κ3) is 4.07. The molecule has 204 valence electrons. The molecule has 0 saturated heterocycles. The topological polar surface area (TPSA) is 7.76 Å². The van der Waals surface area contributed by atoms with Gasteiger partial charge in [-0.25, -0.2) is 0 Å². The zero-order valence-corrected chi connectivity index (χ0v) is 24.7. The van der Waals surface area contributed by atoms with Gasteiger partial charge in [-0.1, -0.05) is 82.3 Å². The van der Waals surface area contributed by atoms with Crippen LogP contribution >= 0.6 is 0 Å². The van der Waals surface area contributed by atoms with Gasteiger partial charge in [-0.05, 0) is 71.3 Å².